The smallest absolute Gasteiger partial charge is 0.303 e. The molecule has 0 aliphatic rings. The molecule has 0 bridgehead atoms. The number of nitrogens with one attached hydrogen (secondary N) is 1. The molecular formula is C14H20FNO4S. The summed E-state index contributed by atoms with van der Waals surface area (Å²) in [4.78, 5) is 10.9. The van der Waals surface area contributed by atoms with Crippen LogP contribution in [0.25, 0.3) is 0 Å². The fourth-order valence-electron chi connectivity index (χ4n) is 1.83. The second-order valence-electron chi connectivity index (χ2n) is 5.65. The Bertz CT molecular complexity index is 608. The standard InChI is InChI=1S/C14H20FNO4S/c1-10(17)20-12(9-15)11-7-5-6-8-13(11)21(18,19)16-14(2,3)4/h5-8,12,16H,9H2,1-4H3. The largest absolute Gasteiger partial charge is 0.455 e. The summed E-state index contributed by atoms with van der Waals surface area (Å²) in [5.41, 5.74) is -0.564. The first-order valence-corrected chi connectivity index (χ1v) is 7.91. The van der Waals surface area contributed by atoms with Gasteiger partial charge in [0.05, 0.1) is 4.90 Å². The van der Waals surface area contributed by atoms with Crippen LogP contribution in [0.4, 0.5) is 4.39 Å². The van der Waals surface area contributed by atoms with Gasteiger partial charge in [-0.3, -0.25) is 4.79 Å². The Kier molecular flexibility index (Phi) is 5.47. The molecule has 1 aromatic rings. The van der Waals surface area contributed by atoms with Crippen LogP contribution in [0.5, 0.6) is 0 Å². The van der Waals surface area contributed by atoms with E-state index in [9.17, 15) is 17.6 Å². The molecule has 0 aliphatic heterocycles. The molecule has 0 fully saturated rings. The molecule has 21 heavy (non-hydrogen) atoms. The Morgan fingerprint density at radius 1 is 1.33 bits per heavy atom. The van der Waals surface area contributed by atoms with Crippen LogP contribution in [0.3, 0.4) is 0 Å². The average molecular weight is 317 g/mol. The SMILES string of the molecule is CC(=O)OC(CF)c1ccccc1S(=O)(=O)NC(C)(C)C. The number of sulfonamides is 1. The van der Waals surface area contributed by atoms with Gasteiger partial charge in [-0.05, 0) is 26.8 Å². The monoisotopic (exact) mass is 317 g/mol. The predicted molar refractivity (Wildman–Crippen MR) is 77.0 cm³/mol. The van der Waals surface area contributed by atoms with E-state index in [1.54, 1.807) is 26.8 Å². The molecule has 5 nitrogen and oxygen atoms in total. The molecule has 118 valence electrons. The molecular weight excluding hydrogens is 297 g/mol. The lowest BCUT2D eigenvalue weighted by Crippen LogP contribution is -2.41. The van der Waals surface area contributed by atoms with Crippen LogP contribution in [0.15, 0.2) is 29.2 Å². The van der Waals surface area contributed by atoms with Crippen molar-refractivity contribution in [2.45, 2.75) is 44.2 Å². The highest BCUT2D eigenvalue weighted by atomic mass is 32.2. The molecule has 0 saturated heterocycles. The van der Waals surface area contributed by atoms with E-state index in [1.807, 2.05) is 0 Å². The zero-order valence-corrected chi connectivity index (χ0v) is 13.3. The molecule has 0 amide bonds. The fourth-order valence-corrected chi connectivity index (χ4v) is 3.51. The number of carbonyl (C=O) groups is 1. The summed E-state index contributed by atoms with van der Waals surface area (Å²) in [6.45, 7) is 5.25. The van der Waals surface area contributed by atoms with Gasteiger partial charge < -0.3 is 4.74 Å². The predicted octanol–water partition coefficient (Wildman–Crippen LogP) is 2.34. The third-order valence-electron chi connectivity index (χ3n) is 2.44. The summed E-state index contributed by atoms with van der Waals surface area (Å²) in [5, 5.41) is 0. The van der Waals surface area contributed by atoms with E-state index < -0.39 is 34.3 Å². The number of alkyl halides is 1. The molecule has 7 heteroatoms. The number of rotatable bonds is 5. The van der Waals surface area contributed by atoms with E-state index in [4.69, 9.17) is 4.74 Å². The Morgan fingerprint density at radius 3 is 2.38 bits per heavy atom. The normalized spacial score (nSPS) is 13.8. The Labute approximate surface area is 124 Å². The Balaban J connectivity index is 3.29. The first-order chi connectivity index (χ1) is 9.57. The lowest BCUT2D eigenvalue weighted by Gasteiger charge is -2.23. The van der Waals surface area contributed by atoms with E-state index in [0.29, 0.717) is 0 Å². The molecule has 1 aromatic carbocycles. The van der Waals surface area contributed by atoms with Crippen molar-refractivity contribution in [3.63, 3.8) is 0 Å². The highest BCUT2D eigenvalue weighted by Crippen LogP contribution is 2.26. The van der Waals surface area contributed by atoms with Gasteiger partial charge in [0.15, 0.2) is 6.10 Å². The maximum absolute atomic E-state index is 13.1. The maximum Gasteiger partial charge on any atom is 0.303 e. The van der Waals surface area contributed by atoms with Crippen LogP contribution < -0.4 is 4.72 Å². The topological polar surface area (TPSA) is 72.5 Å². The van der Waals surface area contributed by atoms with Crippen molar-refractivity contribution in [1.29, 1.82) is 0 Å². The van der Waals surface area contributed by atoms with Crippen LogP contribution in [-0.4, -0.2) is 26.6 Å². The number of hydrogen-bond donors (Lipinski definition) is 1. The molecule has 0 aliphatic carbocycles. The summed E-state index contributed by atoms with van der Waals surface area (Å²) < 4.78 is 45.3. The minimum absolute atomic E-state index is 0.0937. The molecule has 1 N–H and O–H groups in total. The van der Waals surface area contributed by atoms with E-state index in [-0.39, 0.29) is 10.5 Å². The fraction of sp³-hybridized carbons (Fsp3) is 0.500. The third-order valence-corrected chi connectivity index (χ3v) is 4.28. The molecule has 0 aromatic heterocycles. The van der Waals surface area contributed by atoms with Gasteiger partial charge in [0, 0.05) is 18.0 Å². The van der Waals surface area contributed by atoms with Gasteiger partial charge in [0.1, 0.15) is 6.67 Å². The van der Waals surface area contributed by atoms with Crippen LogP contribution in [0.2, 0.25) is 0 Å². The van der Waals surface area contributed by atoms with Crippen molar-refractivity contribution in [2.24, 2.45) is 0 Å². The molecule has 1 rings (SSSR count). The van der Waals surface area contributed by atoms with Gasteiger partial charge >= 0.3 is 5.97 Å². The molecule has 0 radical (unpaired) electrons. The van der Waals surface area contributed by atoms with E-state index in [1.165, 1.54) is 18.2 Å². The Hall–Kier alpha value is -1.47. The van der Waals surface area contributed by atoms with Crippen molar-refractivity contribution < 1.29 is 22.3 Å². The quantitative estimate of drug-likeness (QED) is 0.846. The van der Waals surface area contributed by atoms with Gasteiger partial charge in [-0.1, -0.05) is 18.2 Å². The van der Waals surface area contributed by atoms with E-state index >= 15 is 0 Å². The van der Waals surface area contributed by atoms with Crippen molar-refractivity contribution in [2.75, 3.05) is 6.67 Å². The minimum atomic E-state index is -3.85. The number of benzene rings is 1. The number of ether oxygens (including phenoxy) is 1. The second-order valence-corrected chi connectivity index (χ2v) is 7.30. The molecule has 0 spiro atoms. The van der Waals surface area contributed by atoms with Gasteiger partial charge in [-0.2, -0.15) is 0 Å². The van der Waals surface area contributed by atoms with Gasteiger partial charge in [-0.25, -0.2) is 17.5 Å². The van der Waals surface area contributed by atoms with Crippen LogP contribution in [0.1, 0.15) is 39.4 Å². The number of carbonyl (C=O) groups excluding carboxylic acids is 1. The van der Waals surface area contributed by atoms with Crippen molar-refractivity contribution in [1.82, 2.24) is 4.72 Å². The number of halogens is 1. The van der Waals surface area contributed by atoms with E-state index in [2.05, 4.69) is 4.72 Å². The summed E-state index contributed by atoms with van der Waals surface area (Å²) >= 11 is 0. The lowest BCUT2D eigenvalue weighted by molar-refractivity contribution is -0.147. The zero-order valence-electron chi connectivity index (χ0n) is 12.5. The first-order valence-electron chi connectivity index (χ1n) is 6.43. The summed E-state index contributed by atoms with van der Waals surface area (Å²) in [5.74, 6) is -0.673. The minimum Gasteiger partial charge on any atom is -0.455 e. The lowest BCUT2D eigenvalue weighted by atomic mass is 10.1. The maximum atomic E-state index is 13.1. The van der Waals surface area contributed by atoms with Crippen LogP contribution >= 0.6 is 0 Å². The average Bonchev–Trinajstić information content (AvgIpc) is 2.33. The molecule has 1 atom stereocenters. The van der Waals surface area contributed by atoms with Gasteiger partial charge in [-0.15, -0.1) is 0 Å². The first kappa shape index (κ1) is 17.6. The Morgan fingerprint density at radius 2 is 1.90 bits per heavy atom. The highest BCUT2D eigenvalue weighted by Gasteiger charge is 2.28. The summed E-state index contributed by atoms with van der Waals surface area (Å²) in [7, 11) is -3.85. The second kappa shape index (κ2) is 6.53. The van der Waals surface area contributed by atoms with E-state index in [0.717, 1.165) is 6.92 Å². The van der Waals surface area contributed by atoms with Crippen molar-refractivity contribution >= 4 is 16.0 Å². The molecule has 0 saturated carbocycles. The number of hydrogen-bond acceptors (Lipinski definition) is 4. The summed E-state index contributed by atoms with van der Waals surface area (Å²) in [6.07, 6.45) is -1.24. The molecule has 0 heterocycles. The van der Waals surface area contributed by atoms with Gasteiger partial charge in [0.25, 0.3) is 0 Å². The van der Waals surface area contributed by atoms with Crippen molar-refractivity contribution in [3.05, 3.63) is 29.8 Å². The van der Waals surface area contributed by atoms with Gasteiger partial charge in [0.2, 0.25) is 10.0 Å². The van der Waals surface area contributed by atoms with Crippen LogP contribution in [-0.2, 0) is 19.6 Å². The molecule has 1 unspecified atom stereocenters. The highest BCUT2D eigenvalue weighted by molar-refractivity contribution is 7.89. The third kappa shape index (κ3) is 5.09. The van der Waals surface area contributed by atoms with Crippen LogP contribution in [0, 0.1) is 0 Å². The zero-order chi connectivity index (χ0) is 16.3. The van der Waals surface area contributed by atoms with Crippen molar-refractivity contribution in [3.8, 4) is 0 Å². The number of esters is 1. The summed E-state index contributed by atoms with van der Waals surface area (Å²) in [6, 6.07) is 5.89.